The number of hydrogen-bond acceptors (Lipinski definition) is 4. The van der Waals surface area contributed by atoms with Crippen LogP contribution in [0, 0.1) is 0 Å². The van der Waals surface area contributed by atoms with Gasteiger partial charge in [0.1, 0.15) is 5.03 Å². The summed E-state index contributed by atoms with van der Waals surface area (Å²) < 4.78 is 11.2. The largest absolute Gasteiger partial charge is 0.435 e. The van der Waals surface area contributed by atoms with Crippen LogP contribution in [-0.4, -0.2) is 31.3 Å². The van der Waals surface area contributed by atoms with Crippen LogP contribution in [0.4, 0.5) is 5.69 Å². The van der Waals surface area contributed by atoms with Gasteiger partial charge in [0.25, 0.3) is 0 Å². The van der Waals surface area contributed by atoms with Gasteiger partial charge in [0.05, 0.1) is 19.4 Å². The standard InChI is InChI=1S/C21H19ClN2O2/c22-19(21-23-15-20(26-21)17-4-2-1-3-5-17)14-16-6-8-18(9-7-16)24-10-12-25-13-11-24/h1-9,14-15H,10-13H2/b19-14-. The molecular formula is C21H19ClN2O2. The zero-order valence-electron chi connectivity index (χ0n) is 14.3. The SMILES string of the molecule is Cl/C(=C\c1ccc(N2CCOCC2)cc1)c1ncc(-c2ccccc2)o1. The molecule has 1 aromatic heterocycles. The predicted octanol–water partition coefficient (Wildman–Crippen LogP) is 4.92. The Bertz CT molecular complexity index is 882. The van der Waals surface area contributed by atoms with Crippen molar-refractivity contribution in [1.29, 1.82) is 0 Å². The number of morpholine rings is 1. The molecule has 1 fully saturated rings. The molecule has 0 atom stereocenters. The van der Waals surface area contributed by atoms with Crippen molar-refractivity contribution in [2.75, 3.05) is 31.2 Å². The van der Waals surface area contributed by atoms with Gasteiger partial charge in [0.15, 0.2) is 5.76 Å². The molecule has 1 saturated heterocycles. The third-order valence-corrected chi connectivity index (χ3v) is 4.60. The zero-order chi connectivity index (χ0) is 17.8. The molecule has 1 aliphatic rings. The van der Waals surface area contributed by atoms with Gasteiger partial charge in [-0.2, -0.15) is 0 Å². The van der Waals surface area contributed by atoms with Gasteiger partial charge >= 0.3 is 0 Å². The number of aromatic nitrogens is 1. The lowest BCUT2D eigenvalue weighted by Gasteiger charge is -2.28. The van der Waals surface area contributed by atoms with Crippen molar-refractivity contribution < 1.29 is 9.15 Å². The second-order valence-electron chi connectivity index (χ2n) is 6.08. The molecule has 0 N–H and O–H groups in total. The van der Waals surface area contributed by atoms with Crippen LogP contribution in [0.2, 0.25) is 0 Å². The molecule has 5 heteroatoms. The summed E-state index contributed by atoms with van der Waals surface area (Å²) in [6, 6.07) is 18.2. The number of oxazole rings is 1. The molecule has 2 heterocycles. The number of ether oxygens (including phenoxy) is 1. The molecule has 4 rings (SSSR count). The predicted molar refractivity (Wildman–Crippen MR) is 105 cm³/mol. The highest BCUT2D eigenvalue weighted by atomic mass is 35.5. The average molecular weight is 367 g/mol. The first-order valence-corrected chi connectivity index (χ1v) is 8.99. The van der Waals surface area contributed by atoms with Crippen molar-refractivity contribution in [3.8, 4) is 11.3 Å². The second kappa shape index (κ2) is 7.77. The van der Waals surface area contributed by atoms with Crippen LogP contribution in [0.5, 0.6) is 0 Å². The molecule has 1 aliphatic heterocycles. The second-order valence-corrected chi connectivity index (χ2v) is 6.49. The molecule has 0 amide bonds. The van der Waals surface area contributed by atoms with Crippen LogP contribution >= 0.6 is 11.6 Å². The van der Waals surface area contributed by atoms with Gasteiger partial charge < -0.3 is 14.1 Å². The lowest BCUT2D eigenvalue weighted by atomic mass is 10.1. The summed E-state index contributed by atoms with van der Waals surface area (Å²) in [6.45, 7) is 3.41. The van der Waals surface area contributed by atoms with E-state index in [9.17, 15) is 0 Å². The molecule has 3 aromatic rings. The van der Waals surface area contributed by atoms with Gasteiger partial charge in [0.2, 0.25) is 5.89 Å². The molecule has 132 valence electrons. The highest BCUT2D eigenvalue weighted by molar-refractivity contribution is 6.50. The van der Waals surface area contributed by atoms with Gasteiger partial charge in [-0.1, -0.05) is 54.1 Å². The number of halogens is 1. The Morgan fingerprint density at radius 3 is 2.46 bits per heavy atom. The first-order chi connectivity index (χ1) is 12.8. The van der Waals surface area contributed by atoms with E-state index in [0.717, 1.165) is 37.4 Å². The molecule has 4 nitrogen and oxygen atoms in total. The lowest BCUT2D eigenvalue weighted by Crippen LogP contribution is -2.36. The van der Waals surface area contributed by atoms with E-state index in [-0.39, 0.29) is 0 Å². The summed E-state index contributed by atoms with van der Waals surface area (Å²) >= 11 is 6.41. The summed E-state index contributed by atoms with van der Waals surface area (Å²) in [5.41, 5.74) is 3.18. The minimum absolute atomic E-state index is 0.419. The fourth-order valence-electron chi connectivity index (χ4n) is 2.93. The number of anilines is 1. The minimum atomic E-state index is 0.419. The zero-order valence-corrected chi connectivity index (χ0v) is 15.0. The van der Waals surface area contributed by atoms with Crippen LogP contribution in [0.3, 0.4) is 0 Å². The van der Waals surface area contributed by atoms with Crippen LogP contribution in [-0.2, 0) is 4.74 Å². The van der Waals surface area contributed by atoms with Crippen molar-refractivity contribution >= 4 is 28.4 Å². The number of nitrogens with zero attached hydrogens (tertiary/aromatic N) is 2. The maximum Gasteiger partial charge on any atom is 0.238 e. The van der Waals surface area contributed by atoms with Crippen LogP contribution in [0.1, 0.15) is 11.5 Å². The monoisotopic (exact) mass is 366 g/mol. The summed E-state index contributed by atoms with van der Waals surface area (Å²) in [7, 11) is 0. The molecule has 0 radical (unpaired) electrons. The highest BCUT2D eigenvalue weighted by Crippen LogP contribution is 2.27. The number of benzene rings is 2. The third-order valence-electron chi connectivity index (χ3n) is 4.33. The van der Waals surface area contributed by atoms with E-state index in [2.05, 4.69) is 22.0 Å². The van der Waals surface area contributed by atoms with Gasteiger partial charge in [-0.25, -0.2) is 4.98 Å². The van der Waals surface area contributed by atoms with Crippen molar-refractivity contribution in [3.05, 3.63) is 72.2 Å². The van der Waals surface area contributed by atoms with Crippen LogP contribution in [0.25, 0.3) is 22.4 Å². The quantitative estimate of drug-likeness (QED) is 0.657. The lowest BCUT2D eigenvalue weighted by molar-refractivity contribution is 0.122. The van der Waals surface area contributed by atoms with Crippen molar-refractivity contribution in [2.24, 2.45) is 0 Å². The summed E-state index contributed by atoms with van der Waals surface area (Å²) in [5.74, 6) is 1.12. The van der Waals surface area contributed by atoms with Gasteiger partial charge in [-0.05, 0) is 23.8 Å². The van der Waals surface area contributed by atoms with Crippen LogP contribution in [0.15, 0.2) is 65.2 Å². The van der Waals surface area contributed by atoms with Crippen LogP contribution < -0.4 is 4.90 Å². The summed E-state index contributed by atoms with van der Waals surface area (Å²) in [6.07, 6.45) is 3.56. The highest BCUT2D eigenvalue weighted by Gasteiger charge is 2.12. The number of rotatable bonds is 4. The smallest absolute Gasteiger partial charge is 0.238 e. The van der Waals surface area contributed by atoms with E-state index < -0.39 is 0 Å². The minimum Gasteiger partial charge on any atom is -0.435 e. The molecule has 0 aliphatic carbocycles. The Morgan fingerprint density at radius 1 is 1.00 bits per heavy atom. The molecule has 26 heavy (non-hydrogen) atoms. The van der Waals surface area contributed by atoms with Gasteiger partial charge in [0, 0.05) is 24.3 Å². The van der Waals surface area contributed by atoms with E-state index in [1.54, 1.807) is 6.20 Å². The van der Waals surface area contributed by atoms with Crippen molar-refractivity contribution in [1.82, 2.24) is 4.98 Å². The summed E-state index contributed by atoms with van der Waals surface area (Å²) in [5, 5.41) is 0.478. The Hall–Kier alpha value is -2.56. The van der Waals surface area contributed by atoms with E-state index in [4.69, 9.17) is 20.8 Å². The molecule has 0 spiro atoms. The first kappa shape index (κ1) is 16.9. The van der Waals surface area contributed by atoms with Crippen molar-refractivity contribution in [3.63, 3.8) is 0 Å². The molecule has 0 unspecified atom stereocenters. The fourth-order valence-corrected chi connectivity index (χ4v) is 3.14. The molecular weight excluding hydrogens is 348 g/mol. The number of hydrogen-bond donors (Lipinski definition) is 0. The van der Waals surface area contributed by atoms with Gasteiger partial charge in [-0.3, -0.25) is 0 Å². The van der Waals surface area contributed by atoms with E-state index in [0.29, 0.717) is 16.7 Å². The molecule has 0 saturated carbocycles. The molecule has 0 bridgehead atoms. The maximum absolute atomic E-state index is 6.41. The fraction of sp³-hybridized carbons (Fsp3) is 0.190. The normalized spacial score (nSPS) is 15.3. The van der Waals surface area contributed by atoms with E-state index in [1.165, 1.54) is 5.69 Å². The van der Waals surface area contributed by atoms with E-state index >= 15 is 0 Å². The topological polar surface area (TPSA) is 38.5 Å². The summed E-state index contributed by atoms with van der Waals surface area (Å²) in [4.78, 5) is 6.61. The Kier molecular flexibility index (Phi) is 5.04. The maximum atomic E-state index is 6.41. The van der Waals surface area contributed by atoms with Gasteiger partial charge in [-0.15, -0.1) is 0 Å². The Balaban J connectivity index is 1.50. The Morgan fingerprint density at radius 2 is 1.73 bits per heavy atom. The average Bonchev–Trinajstić information content (AvgIpc) is 3.20. The van der Waals surface area contributed by atoms with E-state index in [1.807, 2.05) is 48.5 Å². The van der Waals surface area contributed by atoms with Crippen molar-refractivity contribution in [2.45, 2.75) is 0 Å². The Labute approximate surface area is 157 Å². The molecule has 2 aromatic carbocycles. The third kappa shape index (κ3) is 3.82. The first-order valence-electron chi connectivity index (χ1n) is 8.61.